The van der Waals surface area contributed by atoms with E-state index in [0.717, 1.165) is 35.6 Å². The number of allylic oxidation sites excluding steroid dienone is 1. The van der Waals surface area contributed by atoms with Crippen LogP contribution in [0.5, 0.6) is 0 Å². The standard InChI is InChI=1S/C24H33ClF2N2O2S/c1-5-6-18-11-14-20(16-9-12-19(25)13-10-16)29(22(18)30)21(17-7-8-17)15-28(23(26)27)32(31)24(2,3)4/h5,9-10,12-13,17-18,20-21,23H,1,6-8,11,14-15H2,2-4H3. The van der Waals surface area contributed by atoms with Crippen molar-refractivity contribution in [1.82, 2.24) is 9.21 Å². The lowest BCUT2D eigenvalue weighted by atomic mass is 9.84. The number of nitrogens with zero attached hydrogens (tertiary/aromatic N) is 2. The van der Waals surface area contributed by atoms with E-state index in [9.17, 15) is 17.8 Å². The lowest BCUT2D eigenvalue weighted by molar-refractivity contribution is -0.147. The molecule has 3 rings (SSSR count). The monoisotopic (exact) mass is 486 g/mol. The molecule has 1 saturated heterocycles. The lowest BCUT2D eigenvalue weighted by Crippen LogP contribution is -2.55. The SMILES string of the molecule is C=CCC1CCC(c2ccc(Cl)cc2)N(C(CN(C(F)F)S(=O)C(C)(C)C)C2CC2)C1=O. The predicted octanol–water partition coefficient (Wildman–Crippen LogP) is 5.96. The van der Waals surface area contributed by atoms with Gasteiger partial charge in [-0.1, -0.05) is 29.8 Å². The zero-order chi connectivity index (χ0) is 23.6. The van der Waals surface area contributed by atoms with Crippen molar-refractivity contribution in [2.45, 2.75) is 76.3 Å². The molecule has 178 valence electrons. The number of piperidine rings is 1. The largest absolute Gasteiger partial charge is 0.331 e. The Balaban J connectivity index is 1.98. The molecule has 4 nitrogen and oxygen atoms in total. The number of halogens is 3. The molecule has 1 amide bonds. The average Bonchev–Trinajstić information content (AvgIpc) is 3.55. The molecule has 4 unspecified atom stereocenters. The van der Waals surface area contributed by atoms with Crippen LogP contribution < -0.4 is 0 Å². The Hall–Kier alpha value is -1.31. The smallest absolute Gasteiger partial charge is 0.305 e. The molecule has 1 saturated carbocycles. The maximum absolute atomic E-state index is 14.1. The van der Waals surface area contributed by atoms with Gasteiger partial charge in [-0.3, -0.25) is 4.79 Å². The zero-order valence-corrected chi connectivity index (χ0v) is 20.5. The summed E-state index contributed by atoms with van der Waals surface area (Å²) < 4.78 is 41.0. The van der Waals surface area contributed by atoms with Gasteiger partial charge in [0.1, 0.15) is 11.0 Å². The highest BCUT2D eigenvalue weighted by molar-refractivity contribution is 7.84. The Morgan fingerprint density at radius 2 is 1.84 bits per heavy atom. The van der Waals surface area contributed by atoms with Gasteiger partial charge in [0.25, 0.3) is 0 Å². The third kappa shape index (κ3) is 5.78. The second-order valence-corrected chi connectivity index (χ2v) is 12.4. The molecule has 0 spiro atoms. The van der Waals surface area contributed by atoms with E-state index >= 15 is 0 Å². The van der Waals surface area contributed by atoms with Crippen LogP contribution in [0.4, 0.5) is 8.78 Å². The summed E-state index contributed by atoms with van der Waals surface area (Å²) in [6.07, 6.45) is 5.53. The molecule has 2 fully saturated rings. The molecular weight excluding hydrogens is 454 g/mol. The van der Waals surface area contributed by atoms with Gasteiger partial charge < -0.3 is 4.90 Å². The fraction of sp³-hybridized carbons (Fsp3) is 0.625. The van der Waals surface area contributed by atoms with Gasteiger partial charge in [0.15, 0.2) is 0 Å². The molecule has 1 aromatic carbocycles. The molecule has 0 bridgehead atoms. The molecule has 1 aromatic rings. The van der Waals surface area contributed by atoms with Crippen molar-refractivity contribution in [1.29, 1.82) is 0 Å². The minimum absolute atomic E-state index is 0.0243. The molecule has 1 heterocycles. The summed E-state index contributed by atoms with van der Waals surface area (Å²) in [7, 11) is -1.89. The van der Waals surface area contributed by atoms with Crippen LogP contribution in [0.25, 0.3) is 0 Å². The van der Waals surface area contributed by atoms with Crippen LogP contribution in [-0.4, -0.2) is 43.2 Å². The Morgan fingerprint density at radius 1 is 1.22 bits per heavy atom. The highest BCUT2D eigenvalue weighted by Crippen LogP contribution is 2.44. The Morgan fingerprint density at radius 3 is 2.34 bits per heavy atom. The Bertz CT molecular complexity index is 839. The van der Waals surface area contributed by atoms with Crippen molar-refractivity contribution < 1.29 is 17.8 Å². The summed E-state index contributed by atoms with van der Waals surface area (Å²) in [4.78, 5) is 15.5. The first-order valence-electron chi connectivity index (χ1n) is 11.2. The summed E-state index contributed by atoms with van der Waals surface area (Å²) in [6, 6.07) is 6.76. The fourth-order valence-electron chi connectivity index (χ4n) is 4.51. The number of alkyl halides is 2. The third-order valence-corrected chi connectivity index (χ3v) is 8.31. The van der Waals surface area contributed by atoms with E-state index in [1.54, 1.807) is 39.0 Å². The Labute approximate surface area is 197 Å². The van der Waals surface area contributed by atoms with Crippen LogP contribution in [0, 0.1) is 11.8 Å². The van der Waals surface area contributed by atoms with Crippen molar-refractivity contribution in [3.8, 4) is 0 Å². The molecule has 8 heteroatoms. The summed E-state index contributed by atoms with van der Waals surface area (Å²) >= 11 is 6.07. The van der Waals surface area contributed by atoms with Crippen molar-refractivity contribution in [2.75, 3.05) is 6.54 Å². The molecular formula is C24H33ClF2N2O2S. The quantitative estimate of drug-likeness (QED) is 0.319. The maximum atomic E-state index is 14.1. The van der Waals surface area contributed by atoms with Crippen molar-refractivity contribution in [3.05, 3.63) is 47.5 Å². The number of hydrogen-bond acceptors (Lipinski definition) is 2. The van der Waals surface area contributed by atoms with Crippen LogP contribution in [0.3, 0.4) is 0 Å². The highest BCUT2D eigenvalue weighted by atomic mass is 35.5. The summed E-state index contributed by atoms with van der Waals surface area (Å²) in [5, 5.41) is 0.607. The minimum atomic E-state index is -2.87. The van der Waals surface area contributed by atoms with E-state index < -0.39 is 28.3 Å². The second-order valence-electron chi connectivity index (χ2n) is 9.76. The van der Waals surface area contributed by atoms with Gasteiger partial charge in [-0.05, 0) is 76.5 Å². The van der Waals surface area contributed by atoms with Gasteiger partial charge in [0, 0.05) is 23.5 Å². The molecule has 2 aliphatic rings. The fourth-order valence-corrected chi connectivity index (χ4v) is 5.78. The molecule has 0 aromatic heterocycles. The maximum Gasteiger partial charge on any atom is 0.305 e. The number of amides is 1. The van der Waals surface area contributed by atoms with Gasteiger partial charge in [0.05, 0.1) is 10.8 Å². The molecule has 1 aliphatic carbocycles. The van der Waals surface area contributed by atoms with Crippen molar-refractivity contribution >= 4 is 28.5 Å². The second kappa shape index (κ2) is 10.3. The van der Waals surface area contributed by atoms with E-state index in [1.165, 1.54) is 0 Å². The first-order valence-corrected chi connectivity index (χ1v) is 12.7. The van der Waals surface area contributed by atoms with Crippen molar-refractivity contribution in [2.24, 2.45) is 11.8 Å². The van der Waals surface area contributed by atoms with E-state index in [-0.39, 0.29) is 30.3 Å². The predicted molar refractivity (Wildman–Crippen MR) is 126 cm³/mol. The lowest BCUT2D eigenvalue weighted by Gasteiger charge is -2.46. The van der Waals surface area contributed by atoms with E-state index in [4.69, 9.17) is 11.6 Å². The molecule has 1 aliphatic heterocycles. The van der Waals surface area contributed by atoms with Crippen LogP contribution in [-0.2, 0) is 15.8 Å². The topological polar surface area (TPSA) is 40.6 Å². The Kier molecular flexibility index (Phi) is 8.16. The molecule has 32 heavy (non-hydrogen) atoms. The van der Waals surface area contributed by atoms with Crippen molar-refractivity contribution in [3.63, 3.8) is 0 Å². The van der Waals surface area contributed by atoms with Crippen LogP contribution in [0.15, 0.2) is 36.9 Å². The summed E-state index contributed by atoms with van der Waals surface area (Å²) in [5.41, 5.74) is 0.950. The number of benzene rings is 1. The number of carbonyl (C=O) groups is 1. The number of rotatable bonds is 9. The van der Waals surface area contributed by atoms with Gasteiger partial charge in [-0.2, -0.15) is 13.1 Å². The number of hydrogen-bond donors (Lipinski definition) is 0. The number of likely N-dealkylation sites (tertiary alicyclic amines) is 1. The zero-order valence-electron chi connectivity index (χ0n) is 19.0. The normalized spacial score (nSPS) is 24.1. The summed E-state index contributed by atoms with van der Waals surface area (Å²) in [6.45, 7) is 5.87. The molecule has 0 N–H and O–H groups in total. The highest BCUT2D eigenvalue weighted by Gasteiger charge is 2.47. The van der Waals surface area contributed by atoms with E-state index in [2.05, 4.69) is 6.58 Å². The third-order valence-electron chi connectivity index (χ3n) is 6.28. The van der Waals surface area contributed by atoms with Gasteiger partial charge in [-0.15, -0.1) is 6.58 Å². The van der Waals surface area contributed by atoms with Gasteiger partial charge in [0.2, 0.25) is 5.91 Å². The molecule has 0 radical (unpaired) electrons. The first-order chi connectivity index (χ1) is 15.0. The first kappa shape index (κ1) is 25.3. The van der Waals surface area contributed by atoms with E-state index in [0.29, 0.717) is 11.4 Å². The summed E-state index contributed by atoms with van der Waals surface area (Å²) in [5.74, 6) is -0.0939. The number of carbonyl (C=O) groups excluding carboxylic acids is 1. The van der Waals surface area contributed by atoms with Gasteiger partial charge >= 0.3 is 6.55 Å². The van der Waals surface area contributed by atoms with E-state index in [1.807, 2.05) is 17.0 Å². The van der Waals surface area contributed by atoms with Crippen LogP contribution in [0.2, 0.25) is 5.02 Å². The minimum Gasteiger partial charge on any atom is -0.331 e. The average molecular weight is 487 g/mol. The van der Waals surface area contributed by atoms with Crippen LogP contribution in [0.1, 0.15) is 64.5 Å². The van der Waals surface area contributed by atoms with Gasteiger partial charge in [-0.25, -0.2) is 4.21 Å². The van der Waals surface area contributed by atoms with Crippen LogP contribution >= 0.6 is 11.6 Å². The molecule has 4 atom stereocenters.